The highest BCUT2D eigenvalue weighted by Crippen LogP contribution is 2.38. The Morgan fingerprint density at radius 2 is 1.71 bits per heavy atom. The number of nitrogens with one attached hydrogen (secondary N) is 1. The summed E-state index contributed by atoms with van der Waals surface area (Å²) < 4.78 is 79.6. The molecule has 0 atom stereocenters. The van der Waals surface area contributed by atoms with E-state index in [0.29, 0.717) is 17.0 Å². The van der Waals surface area contributed by atoms with Crippen LogP contribution in [-0.2, 0) is 23.7 Å². The third-order valence-electron chi connectivity index (χ3n) is 5.01. The summed E-state index contributed by atoms with van der Waals surface area (Å²) in [7, 11) is 0. The Bertz CT molecular complexity index is 1430. The fraction of sp³-hybridized carbons (Fsp3) is 0.130. The molecule has 2 aromatic heterocycles. The van der Waals surface area contributed by atoms with Gasteiger partial charge in [0.05, 0.1) is 34.0 Å². The maximum Gasteiger partial charge on any atom is 0.416 e. The fourth-order valence-electron chi connectivity index (χ4n) is 3.28. The Labute approximate surface area is 224 Å². The van der Waals surface area contributed by atoms with E-state index in [9.17, 15) is 35.9 Å². The molecule has 0 aliphatic carbocycles. The fourth-order valence-corrected chi connectivity index (χ4v) is 5.26. The number of hydrazine groups is 1. The molecule has 4 rings (SSSR count). The highest BCUT2D eigenvalue weighted by molar-refractivity contribution is 8.26. The van der Waals surface area contributed by atoms with Gasteiger partial charge < -0.3 is 5.11 Å². The number of nitrogens with zero attached hydrogens (tertiary/aromatic N) is 2. The molecule has 1 amide bonds. The lowest BCUT2D eigenvalue weighted by molar-refractivity contribution is -0.143. The van der Waals surface area contributed by atoms with E-state index in [1.807, 2.05) is 0 Å². The number of alkyl halides is 6. The zero-order valence-corrected chi connectivity index (χ0v) is 21.0. The first kappa shape index (κ1) is 27.8. The maximum absolute atomic E-state index is 13.2. The van der Waals surface area contributed by atoms with Gasteiger partial charge in [-0.15, -0.1) is 11.3 Å². The molecular weight excluding hydrogens is 576 g/mol. The van der Waals surface area contributed by atoms with Gasteiger partial charge in [0, 0.05) is 10.4 Å². The summed E-state index contributed by atoms with van der Waals surface area (Å²) in [4.78, 5) is 28.9. The number of thiophene rings is 1. The SMILES string of the molecule is O=C(O)c1ccc(CNN2C(=O)/C(=C/c3cccc(-c4cc(C(F)(F)F)cc(C(F)(F)F)c4)n3)SC2=S)s1. The highest BCUT2D eigenvalue weighted by atomic mass is 32.2. The summed E-state index contributed by atoms with van der Waals surface area (Å²) in [6.07, 6.45) is -8.70. The van der Waals surface area contributed by atoms with E-state index in [-0.39, 0.29) is 38.1 Å². The van der Waals surface area contributed by atoms with Gasteiger partial charge in [0.2, 0.25) is 0 Å². The predicted octanol–water partition coefficient (Wildman–Crippen LogP) is 6.45. The topological polar surface area (TPSA) is 82.5 Å². The molecule has 15 heteroatoms. The Hall–Kier alpha value is -3.27. The van der Waals surface area contributed by atoms with Crippen molar-refractivity contribution in [2.24, 2.45) is 0 Å². The van der Waals surface area contributed by atoms with E-state index in [2.05, 4.69) is 10.4 Å². The lowest BCUT2D eigenvalue weighted by Crippen LogP contribution is -2.40. The van der Waals surface area contributed by atoms with Crippen LogP contribution >= 0.6 is 35.3 Å². The average Bonchev–Trinajstić information content (AvgIpc) is 3.41. The summed E-state index contributed by atoms with van der Waals surface area (Å²) in [5.74, 6) is -1.63. The van der Waals surface area contributed by atoms with E-state index in [1.54, 1.807) is 6.07 Å². The third-order valence-corrected chi connectivity index (χ3v) is 7.39. The van der Waals surface area contributed by atoms with Crippen LogP contribution in [0.15, 0.2) is 53.4 Å². The minimum Gasteiger partial charge on any atom is -0.477 e. The van der Waals surface area contributed by atoms with Gasteiger partial charge in [-0.1, -0.05) is 30.0 Å². The van der Waals surface area contributed by atoms with Crippen molar-refractivity contribution in [2.75, 3.05) is 0 Å². The van der Waals surface area contributed by atoms with E-state index in [1.165, 1.54) is 30.3 Å². The average molecular weight is 590 g/mol. The first-order valence-corrected chi connectivity index (χ1v) is 12.4. The van der Waals surface area contributed by atoms with Gasteiger partial charge in [0.25, 0.3) is 5.91 Å². The number of pyridine rings is 1. The molecule has 1 aromatic carbocycles. The molecule has 0 spiro atoms. The molecule has 0 unspecified atom stereocenters. The summed E-state index contributed by atoms with van der Waals surface area (Å²) in [6.45, 7) is 0.114. The first-order chi connectivity index (χ1) is 17.7. The number of thioether (sulfide) groups is 1. The largest absolute Gasteiger partial charge is 0.477 e. The van der Waals surface area contributed by atoms with Crippen molar-refractivity contribution >= 4 is 57.6 Å². The van der Waals surface area contributed by atoms with Crippen LogP contribution in [-0.4, -0.2) is 31.3 Å². The van der Waals surface area contributed by atoms with Crippen molar-refractivity contribution in [3.05, 3.63) is 80.0 Å². The number of benzene rings is 1. The van der Waals surface area contributed by atoms with Crippen molar-refractivity contribution < 1.29 is 41.0 Å². The summed E-state index contributed by atoms with van der Waals surface area (Å²) in [5, 5.41) is 10.1. The molecule has 6 nitrogen and oxygen atoms in total. The number of hydrogen-bond donors (Lipinski definition) is 2. The van der Waals surface area contributed by atoms with Crippen molar-refractivity contribution in [3.63, 3.8) is 0 Å². The first-order valence-electron chi connectivity index (χ1n) is 10.3. The predicted molar refractivity (Wildman–Crippen MR) is 133 cm³/mol. The highest BCUT2D eigenvalue weighted by Gasteiger charge is 2.37. The third kappa shape index (κ3) is 6.23. The molecule has 3 aromatic rings. The summed E-state index contributed by atoms with van der Waals surface area (Å²) in [6, 6.07) is 8.27. The standard InChI is InChI=1S/C23H13F6N3O3S3/c24-22(25,26)12-6-11(7-13(8-12)23(27,28)29)16-3-1-2-14(31-16)9-18-19(33)32(21(36)38-18)30-10-15-4-5-17(37-15)20(34)35/h1-9,30H,10H2,(H,34,35)/b18-9-. The number of thiocarbonyl (C=S) groups is 1. The second-order valence-corrected chi connectivity index (χ2v) is 10.5. The zero-order chi connectivity index (χ0) is 27.8. The second kappa shape index (κ2) is 10.5. The number of hydrogen-bond acceptors (Lipinski definition) is 7. The molecule has 38 heavy (non-hydrogen) atoms. The molecule has 1 fully saturated rings. The normalized spacial score (nSPS) is 15.5. The van der Waals surface area contributed by atoms with E-state index >= 15 is 0 Å². The molecule has 2 N–H and O–H groups in total. The quantitative estimate of drug-likeness (QED) is 0.194. The number of aromatic carboxylic acids is 1. The Morgan fingerprint density at radius 3 is 2.29 bits per heavy atom. The van der Waals surface area contributed by atoms with Crippen LogP contribution in [0.25, 0.3) is 17.3 Å². The monoisotopic (exact) mass is 589 g/mol. The summed E-state index contributed by atoms with van der Waals surface area (Å²) in [5.41, 5.74) is -0.573. The van der Waals surface area contributed by atoms with Gasteiger partial charge >= 0.3 is 18.3 Å². The van der Waals surface area contributed by atoms with Gasteiger partial charge in [-0.05, 0) is 48.5 Å². The number of carboxylic acid groups (broad SMARTS) is 1. The smallest absolute Gasteiger partial charge is 0.416 e. The molecule has 198 valence electrons. The van der Waals surface area contributed by atoms with Gasteiger partial charge in [0.15, 0.2) is 4.32 Å². The Balaban J connectivity index is 1.58. The summed E-state index contributed by atoms with van der Waals surface area (Å²) >= 11 is 7.15. The molecule has 1 aliphatic heterocycles. The second-order valence-electron chi connectivity index (χ2n) is 7.67. The number of rotatable bonds is 6. The lowest BCUT2D eigenvalue weighted by Gasteiger charge is -2.15. The number of amides is 1. The zero-order valence-electron chi connectivity index (χ0n) is 18.6. The Kier molecular flexibility index (Phi) is 7.65. The number of aromatic nitrogens is 1. The van der Waals surface area contributed by atoms with Crippen molar-refractivity contribution in [1.29, 1.82) is 0 Å². The molecule has 0 radical (unpaired) electrons. The maximum atomic E-state index is 13.2. The van der Waals surface area contributed by atoms with Gasteiger partial charge in [-0.25, -0.2) is 20.2 Å². The van der Waals surface area contributed by atoms with E-state index < -0.39 is 40.9 Å². The van der Waals surface area contributed by atoms with Crippen LogP contribution in [0.3, 0.4) is 0 Å². The van der Waals surface area contributed by atoms with Crippen molar-refractivity contribution in [1.82, 2.24) is 15.4 Å². The van der Waals surface area contributed by atoms with E-state index in [4.69, 9.17) is 17.3 Å². The molecule has 0 saturated carbocycles. The van der Waals surface area contributed by atoms with E-state index in [0.717, 1.165) is 28.1 Å². The van der Waals surface area contributed by atoms with Gasteiger partial charge in [-0.3, -0.25) is 4.79 Å². The molecule has 1 saturated heterocycles. The number of carboxylic acids is 1. The minimum atomic E-state index is -5.01. The van der Waals surface area contributed by atoms with Gasteiger partial charge in [0.1, 0.15) is 4.88 Å². The van der Waals surface area contributed by atoms with Crippen LogP contribution in [0, 0.1) is 0 Å². The lowest BCUT2D eigenvalue weighted by atomic mass is 10.0. The van der Waals surface area contributed by atoms with Crippen LogP contribution in [0.5, 0.6) is 0 Å². The molecular formula is C23H13F6N3O3S3. The minimum absolute atomic E-state index is 0.0321. The molecule has 1 aliphatic rings. The van der Waals surface area contributed by atoms with Crippen LogP contribution in [0.1, 0.15) is 31.4 Å². The Morgan fingerprint density at radius 1 is 1.05 bits per heavy atom. The van der Waals surface area contributed by atoms with Crippen LogP contribution in [0.2, 0.25) is 0 Å². The van der Waals surface area contributed by atoms with Crippen LogP contribution in [0.4, 0.5) is 26.3 Å². The molecule has 0 bridgehead atoms. The van der Waals surface area contributed by atoms with Crippen LogP contribution < -0.4 is 5.43 Å². The number of halogens is 6. The number of carbonyl (C=O) groups is 2. The molecule has 3 heterocycles. The number of carbonyl (C=O) groups excluding carboxylic acids is 1. The van der Waals surface area contributed by atoms with Gasteiger partial charge in [-0.2, -0.15) is 26.3 Å². The van der Waals surface area contributed by atoms with Crippen molar-refractivity contribution in [2.45, 2.75) is 18.9 Å². The van der Waals surface area contributed by atoms with Crippen molar-refractivity contribution in [3.8, 4) is 11.3 Å².